The number of likely N-dealkylation sites (N-methyl/N-ethyl adjacent to an activating group) is 1. The highest BCUT2D eigenvalue weighted by atomic mass is 35.5. The number of halogens is 1. The molecule has 86 valence electrons. The molecule has 0 aliphatic heterocycles. The number of hydrogen-bond acceptors (Lipinski definition) is 3. The molecule has 15 heavy (non-hydrogen) atoms. The Balaban J connectivity index is 0.00000196. The van der Waals surface area contributed by atoms with E-state index in [0.717, 1.165) is 18.0 Å². The first-order chi connectivity index (χ1) is 6.77. The summed E-state index contributed by atoms with van der Waals surface area (Å²) in [5.74, 6) is 1.59. The van der Waals surface area contributed by atoms with Crippen LogP contribution in [0.15, 0.2) is 18.2 Å². The van der Waals surface area contributed by atoms with Crippen molar-refractivity contribution in [3.8, 4) is 11.5 Å². The molecular weight excluding hydrogens is 214 g/mol. The largest absolute Gasteiger partial charge is 1.00 e. The van der Waals surface area contributed by atoms with Crippen LogP contribution in [0.1, 0.15) is 5.56 Å². The second-order valence-corrected chi connectivity index (χ2v) is 3.11. The van der Waals surface area contributed by atoms with Crippen molar-refractivity contribution < 1.29 is 21.9 Å². The predicted octanol–water partition coefficient (Wildman–Crippen LogP) is -1.39. The van der Waals surface area contributed by atoms with E-state index < -0.39 is 0 Å². The molecular formula is C11H17ClNO2-. The van der Waals surface area contributed by atoms with E-state index in [1.54, 1.807) is 7.11 Å². The molecule has 0 heterocycles. The lowest BCUT2D eigenvalue weighted by Gasteiger charge is -2.10. The zero-order valence-electron chi connectivity index (χ0n) is 9.34. The third-order valence-corrected chi connectivity index (χ3v) is 1.93. The molecule has 0 aliphatic carbocycles. The summed E-state index contributed by atoms with van der Waals surface area (Å²) >= 11 is 0. The van der Waals surface area contributed by atoms with Crippen molar-refractivity contribution >= 4 is 0 Å². The van der Waals surface area contributed by atoms with Crippen molar-refractivity contribution in [2.75, 3.05) is 27.3 Å². The van der Waals surface area contributed by atoms with E-state index in [9.17, 15) is 0 Å². The number of aryl methyl sites for hydroxylation is 1. The Morgan fingerprint density at radius 1 is 1.27 bits per heavy atom. The maximum Gasteiger partial charge on any atom is 0.161 e. The van der Waals surface area contributed by atoms with Crippen LogP contribution >= 0.6 is 0 Å². The smallest absolute Gasteiger partial charge is 0.161 e. The molecule has 0 atom stereocenters. The summed E-state index contributed by atoms with van der Waals surface area (Å²) in [7, 11) is 3.55. The number of ether oxygens (including phenoxy) is 2. The number of rotatable bonds is 5. The van der Waals surface area contributed by atoms with E-state index in [1.807, 2.05) is 32.2 Å². The molecule has 0 aromatic heterocycles. The normalized spacial score (nSPS) is 9.27. The van der Waals surface area contributed by atoms with Crippen molar-refractivity contribution in [1.82, 2.24) is 5.32 Å². The average Bonchev–Trinajstić information content (AvgIpc) is 2.20. The topological polar surface area (TPSA) is 30.5 Å². The molecule has 0 saturated carbocycles. The third-order valence-electron chi connectivity index (χ3n) is 1.93. The second kappa shape index (κ2) is 7.37. The predicted molar refractivity (Wildman–Crippen MR) is 57.2 cm³/mol. The van der Waals surface area contributed by atoms with Crippen LogP contribution in [0.25, 0.3) is 0 Å². The Morgan fingerprint density at radius 3 is 2.60 bits per heavy atom. The SMILES string of the molecule is CNCCOc1ccc(C)cc1OC.[Cl-]. The van der Waals surface area contributed by atoms with Gasteiger partial charge in [0.05, 0.1) is 7.11 Å². The molecule has 1 rings (SSSR count). The minimum atomic E-state index is 0. The van der Waals surface area contributed by atoms with Gasteiger partial charge in [-0.15, -0.1) is 0 Å². The van der Waals surface area contributed by atoms with E-state index in [4.69, 9.17) is 9.47 Å². The van der Waals surface area contributed by atoms with Gasteiger partial charge in [0.2, 0.25) is 0 Å². The fourth-order valence-electron chi connectivity index (χ4n) is 1.16. The summed E-state index contributed by atoms with van der Waals surface area (Å²) in [6.45, 7) is 3.51. The lowest BCUT2D eigenvalue weighted by Crippen LogP contribution is -3.00. The molecule has 0 aliphatic rings. The van der Waals surface area contributed by atoms with Gasteiger partial charge in [-0.1, -0.05) is 6.07 Å². The van der Waals surface area contributed by atoms with Crippen LogP contribution < -0.4 is 27.2 Å². The highest BCUT2D eigenvalue weighted by Gasteiger charge is 2.02. The van der Waals surface area contributed by atoms with E-state index in [2.05, 4.69) is 5.32 Å². The minimum Gasteiger partial charge on any atom is -1.00 e. The second-order valence-electron chi connectivity index (χ2n) is 3.11. The van der Waals surface area contributed by atoms with Gasteiger partial charge in [-0.25, -0.2) is 0 Å². The van der Waals surface area contributed by atoms with Crippen LogP contribution in [-0.2, 0) is 0 Å². The zero-order chi connectivity index (χ0) is 10.4. The van der Waals surface area contributed by atoms with Crippen molar-refractivity contribution in [3.05, 3.63) is 23.8 Å². The molecule has 0 radical (unpaired) electrons. The van der Waals surface area contributed by atoms with Crippen molar-refractivity contribution in [3.63, 3.8) is 0 Å². The van der Waals surface area contributed by atoms with Gasteiger partial charge in [0.15, 0.2) is 11.5 Å². The fraction of sp³-hybridized carbons (Fsp3) is 0.455. The first kappa shape index (κ1) is 14.1. The van der Waals surface area contributed by atoms with E-state index in [1.165, 1.54) is 5.56 Å². The molecule has 0 saturated heterocycles. The lowest BCUT2D eigenvalue weighted by molar-refractivity contribution is -0.00000369. The van der Waals surface area contributed by atoms with Gasteiger partial charge in [0.1, 0.15) is 6.61 Å². The molecule has 0 fully saturated rings. The Morgan fingerprint density at radius 2 is 2.00 bits per heavy atom. The minimum absolute atomic E-state index is 0. The van der Waals surface area contributed by atoms with Crippen LogP contribution in [0.2, 0.25) is 0 Å². The Bertz CT molecular complexity index is 292. The molecule has 0 unspecified atom stereocenters. The van der Waals surface area contributed by atoms with Crippen LogP contribution in [-0.4, -0.2) is 27.3 Å². The highest BCUT2D eigenvalue weighted by molar-refractivity contribution is 5.42. The summed E-state index contributed by atoms with van der Waals surface area (Å²) in [5, 5.41) is 3.02. The maximum absolute atomic E-state index is 5.54. The highest BCUT2D eigenvalue weighted by Crippen LogP contribution is 2.27. The number of methoxy groups -OCH3 is 1. The van der Waals surface area contributed by atoms with Crippen LogP contribution in [0.4, 0.5) is 0 Å². The molecule has 1 N–H and O–H groups in total. The summed E-state index contributed by atoms with van der Waals surface area (Å²) in [6, 6.07) is 5.91. The van der Waals surface area contributed by atoms with Gasteiger partial charge < -0.3 is 27.2 Å². The summed E-state index contributed by atoms with van der Waals surface area (Å²) < 4.78 is 10.7. The van der Waals surface area contributed by atoms with E-state index in [-0.39, 0.29) is 12.4 Å². The van der Waals surface area contributed by atoms with Crippen LogP contribution in [0.5, 0.6) is 11.5 Å². The van der Waals surface area contributed by atoms with Gasteiger partial charge in [-0.3, -0.25) is 0 Å². The van der Waals surface area contributed by atoms with Gasteiger partial charge in [0, 0.05) is 6.54 Å². The van der Waals surface area contributed by atoms with Gasteiger partial charge >= 0.3 is 0 Å². The van der Waals surface area contributed by atoms with Crippen molar-refractivity contribution in [1.29, 1.82) is 0 Å². The first-order valence-corrected chi connectivity index (χ1v) is 4.70. The maximum atomic E-state index is 5.54. The summed E-state index contributed by atoms with van der Waals surface area (Å²) in [6.07, 6.45) is 0. The zero-order valence-corrected chi connectivity index (χ0v) is 10.1. The summed E-state index contributed by atoms with van der Waals surface area (Å²) in [4.78, 5) is 0. The molecule has 1 aromatic rings. The third kappa shape index (κ3) is 4.40. The molecule has 0 bridgehead atoms. The standard InChI is InChI=1S/C11H17NO2.ClH/c1-9-4-5-10(11(8-9)13-3)14-7-6-12-2;/h4-5,8,12H,6-7H2,1-3H3;1H/p-1. The van der Waals surface area contributed by atoms with E-state index >= 15 is 0 Å². The number of benzene rings is 1. The monoisotopic (exact) mass is 230 g/mol. The molecule has 1 aromatic carbocycles. The number of nitrogens with one attached hydrogen (secondary N) is 1. The van der Waals surface area contributed by atoms with Crippen molar-refractivity contribution in [2.24, 2.45) is 0 Å². The first-order valence-electron chi connectivity index (χ1n) is 4.70. The quantitative estimate of drug-likeness (QED) is 0.632. The van der Waals surface area contributed by atoms with Gasteiger partial charge in [0.25, 0.3) is 0 Å². The van der Waals surface area contributed by atoms with Crippen molar-refractivity contribution in [2.45, 2.75) is 6.92 Å². The molecule has 3 nitrogen and oxygen atoms in total. The Labute approximate surface area is 97.2 Å². The fourth-order valence-corrected chi connectivity index (χ4v) is 1.16. The Kier molecular flexibility index (Phi) is 6.92. The Hall–Kier alpha value is -0.930. The van der Waals surface area contributed by atoms with Crippen LogP contribution in [0, 0.1) is 6.92 Å². The van der Waals surface area contributed by atoms with Gasteiger partial charge in [-0.2, -0.15) is 0 Å². The van der Waals surface area contributed by atoms with Crippen LogP contribution in [0.3, 0.4) is 0 Å². The lowest BCUT2D eigenvalue weighted by atomic mass is 10.2. The van der Waals surface area contributed by atoms with E-state index in [0.29, 0.717) is 6.61 Å². The molecule has 0 amide bonds. The molecule has 4 heteroatoms. The number of hydrogen-bond donors (Lipinski definition) is 1. The molecule has 0 spiro atoms. The average molecular weight is 231 g/mol. The summed E-state index contributed by atoms with van der Waals surface area (Å²) in [5.41, 5.74) is 1.17. The van der Waals surface area contributed by atoms with Gasteiger partial charge in [-0.05, 0) is 31.7 Å².